The molecule has 2 N–H and O–H groups in total. The molecular weight excluding hydrogens is 392 g/mol. The van der Waals surface area contributed by atoms with Gasteiger partial charge in [0.05, 0.1) is 0 Å². The number of hydrogen-bond acceptors (Lipinski definition) is 4. The molecule has 0 radical (unpaired) electrons. The molecule has 5 rings (SSSR count). The highest BCUT2D eigenvalue weighted by Gasteiger charge is 2.19. The standard InChI is InChI=1S/C25H20N2O4/c28-24(21-13-11-17-10-9-16-5-4-8-20(21)23(16)17)26-27-25(29)22-14-12-19(31-22)15-30-18-6-2-1-3-7-18/h1-8,11-14H,9-10,15H2,(H,26,28)(H,27,29). The first-order valence-corrected chi connectivity index (χ1v) is 10.1. The third kappa shape index (κ3) is 3.75. The summed E-state index contributed by atoms with van der Waals surface area (Å²) in [4.78, 5) is 25.1. The van der Waals surface area contributed by atoms with E-state index in [1.54, 1.807) is 18.2 Å². The number of amides is 2. The molecule has 4 aromatic rings. The molecule has 1 heterocycles. The number of carbonyl (C=O) groups excluding carboxylic acids is 2. The van der Waals surface area contributed by atoms with Crippen molar-refractivity contribution in [1.29, 1.82) is 0 Å². The quantitative estimate of drug-likeness (QED) is 0.482. The zero-order chi connectivity index (χ0) is 21.2. The Hall–Kier alpha value is -4.06. The van der Waals surface area contributed by atoms with E-state index in [-0.39, 0.29) is 18.3 Å². The molecule has 0 unspecified atom stereocenters. The molecule has 1 aliphatic rings. The van der Waals surface area contributed by atoms with Crippen LogP contribution in [0, 0.1) is 0 Å². The maximum Gasteiger partial charge on any atom is 0.305 e. The lowest BCUT2D eigenvalue weighted by molar-refractivity contribution is 0.0829. The van der Waals surface area contributed by atoms with Crippen LogP contribution in [0.5, 0.6) is 5.75 Å². The van der Waals surface area contributed by atoms with Crippen molar-refractivity contribution in [3.8, 4) is 5.75 Å². The number of carbonyl (C=O) groups is 2. The highest BCUT2D eigenvalue weighted by Crippen LogP contribution is 2.32. The molecule has 0 atom stereocenters. The van der Waals surface area contributed by atoms with Gasteiger partial charge < -0.3 is 9.15 Å². The van der Waals surface area contributed by atoms with E-state index >= 15 is 0 Å². The maximum absolute atomic E-state index is 12.7. The number of rotatable bonds is 5. The highest BCUT2D eigenvalue weighted by atomic mass is 16.5. The van der Waals surface area contributed by atoms with Crippen LogP contribution in [0.2, 0.25) is 0 Å². The summed E-state index contributed by atoms with van der Waals surface area (Å²) in [6, 6.07) is 22.3. The Morgan fingerprint density at radius 3 is 2.42 bits per heavy atom. The average Bonchev–Trinajstić information content (AvgIpc) is 3.45. The van der Waals surface area contributed by atoms with Crippen LogP contribution in [0.3, 0.4) is 0 Å². The minimum absolute atomic E-state index is 0.0902. The summed E-state index contributed by atoms with van der Waals surface area (Å²) in [5, 5.41) is 2.05. The summed E-state index contributed by atoms with van der Waals surface area (Å²) < 4.78 is 11.1. The molecule has 1 aromatic heterocycles. The van der Waals surface area contributed by atoms with Gasteiger partial charge in [-0.1, -0.05) is 42.5 Å². The predicted molar refractivity (Wildman–Crippen MR) is 116 cm³/mol. The topological polar surface area (TPSA) is 80.6 Å². The fraction of sp³-hybridized carbons (Fsp3) is 0.120. The van der Waals surface area contributed by atoms with Gasteiger partial charge in [-0.2, -0.15) is 0 Å². The van der Waals surface area contributed by atoms with Crippen molar-refractivity contribution in [2.45, 2.75) is 19.4 Å². The lowest BCUT2D eigenvalue weighted by atomic mass is 10.00. The Labute approximate surface area is 178 Å². The molecule has 154 valence electrons. The first-order chi connectivity index (χ1) is 15.2. The molecule has 3 aromatic carbocycles. The minimum Gasteiger partial charge on any atom is -0.486 e. The first-order valence-electron chi connectivity index (χ1n) is 10.1. The van der Waals surface area contributed by atoms with Crippen LogP contribution in [-0.4, -0.2) is 11.8 Å². The largest absolute Gasteiger partial charge is 0.486 e. The van der Waals surface area contributed by atoms with Crippen molar-refractivity contribution < 1.29 is 18.7 Å². The van der Waals surface area contributed by atoms with Gasteiger partial charge in [0.25, 0.3) is 5.91 Å². The second-order valence-corrected chi connectivity index (χ2v) is 7.39. The van der Waals surface area contributed by atoms with Crippen LogP contribution in [0.25, 0.3) is 10.8 Å². The van der Waals surface area contributed by atoms with Gasteiger partial charge in [-0.25, -0.2) is 0 Å². The highest BCUT2D eigenvalue weighted by molar-refractivity contribution is 6.09. The van der Waals surface area contributed by atoms with Crippen LogP contribution in [0.1, 0.15) is 37.8 Å². The molecular formula is C25H20N2O4. The number of hydrogen-bond donors (Lipinski definition) is 2. The van der Waals surface area contributed by atoms with Crippen LogP contribution in [0.4, 0.5) is 0 Å². The van der Waals surface area contributed by atoms with Crippen molar-refractivity contribution in [2.24, 2.45) is 0 Å². The predicted octanol–water partition coefficient (Wildman–Crippen LogP) is 4.19. The molecule has 0 aliphatic heterocycles. The Morgan fingerprint density at radius 1 is 0.806 bits per heavy atom. The first kappa shape index (κ1) is 18.9. The fourth-order valence-corrected chi connectivity index (χ4v) is 3.94. The number of para-hydroxylation sites is 1. The third-order valence-electron chi connectivity index (χ3n) is 5.42. The smallest absolute Gasteiger partial charge is 0.305 e. The molecule has 1 aliphatic carbocycles. The van der Waals surface area contributed by atoms with Gasteiger partial charge in [-0.05, 0) is 65.1 Å². The van der Waals surface area contributed by atoms with Crippen molar-refractivity contribution in [3.05, 3.63) is 101 Å². The number of furan rings is 1. The molecule has 31 heavy (non-hydrogen) atoms. The van der Waals surface area contributed by atoms with E-state index in [4.69, 9.17) is 9.15 Å². The Balaban J connectivity index is 1.23. The van der Waals surface area contributed by atoms with E-state index in [2.05, 4.69) is 16.9 Å². The molecule has 6 heteroatoms. The van der Waals surface area contributed by atoms with Gasteiger partial charge in [0.15, 0.2) is 5.76 Å². The van der Waals surface area contributed by atoms with Gasteiger partial charge in [0.2, 0.25) is 0 Å². The lowest BCUT2D eigenvalue weighted by Crippen LogP contribution is -2.41. The SMILES string of the molecule is O=C(NNC(=O)c1ccc2c3c(cccc13)CC2)c1ccc(COc2ccccc2)o1. The van der Waals surface area contributed by atoms with Gasteiger partial charge >= 0.3 is 5.91 Å². The second-order valence-electron chi connectivity index (χ2n) is 7.39. The third-order valence-corrected chi connectivity index (χ3v) is 5.42. The molecule has 0 fully saturated rings. The van der Waals surface area contributed by atoms with Crippen molar-refractivity contribution >= 4 is 22.6 Å². The Bertz CT molecular complexity index is 1270. The number of ether oxygens (including phenoxy) is 1. The summed E-state index contributed by atoms with van der Waals surface area (Å²) in [7, 11) is 0. The number of aryl methyl sites for hydroxylation is 2. The van der Waals surface area contributed by atoms with Crippen LogP contribution < -0.4 is 15.6 Å². The van der Waals surface area contributed by atoms with Crippen molar-refractivity contribution in [2.75, 3.05) is 0 Å². The van der Waals surface area contributed by atoms with E-state index < -0.39 is 5.91 Å². The van der Waals surface area contributed by atoms with Crippen LogP contribution in [0.15, 0.2) is 77.2 Å². The zero-order valence-corrected chi connectivity index (χ0v) is 16.7. The lowest BCUT2D eigenvalue weighted by Gasteiger charge is -2.10. The summed E-state index contributed by atoms with van der Waals surface area (Å²) in [6.45, 7) is 0.199. The van der Waals surface area contributed by atoms with E-state index in [9.17, 15) is 9.59 Å². The molecule has 0 bridgehead atoms. The summed E-state index contributed by atoms with van der Waals surface area (Å²) in [5.41, 5.74) is 7.95. The van der Waals surface area contributed by atoms with Crippen LogP contribution in [-0.2, 0) is 19.4 Å². The van der Waals surface area contributed by atoms with Crippen molar-refractivity contribution in [1.82, 2.24) is 10.9 Å². The Kier molecular flexibility index (Phi) is 4.88. The monoisotopic (exact) mass is 412 g/mol. The average molecular weight is 412 g/mol. The molecule has 0 saturated heterocycles. The maximum atomic E-state index is 12.7. The molecule has 0 spiro atoms. The summed E-state index contributed by atoms with van der Waals surface area (Å²) >= 11 is 0. The van der Waals surface area contributed by atoms with Gasteiger partial charge in [0.1, 0.15) is 18.1 Å². The van der Waals surface area contributed by atoms with Gasteiger partial charge in [-0.3, -0.25) is 20.4 Å². The fourth-order valence-electron chi connectivity index (χ4n) is 3.94. The Morgan fingerprint density at radius 2 is 1.58 bits per heavy atom. The molecule has 6 nitrogen and oxygen atoms in total. The number of benzene rings is 3. The summed E-state index contributed by atoms with van der Waals surface area (Å²) in [5.74, 6) is 0.399. The van der Waals surface area contributed by atoms with E-state index in [0.717, 1.165) is 23.6 Å². The second kappa shape index (κ2) is 7.99. The minimum atomic E-state index is -0.537. The van der Waals surface area contributed by atoms with Gasteiger partial charge in [-0.15, -0.1) is 0 Å². The number of nitrogens with one attached hydrogen (secondary N) is 2. The molecule has 2 amide bonds. The van der Waals surface area contributed by atoms with E-state index in [0.29, 0.717) is 17.1 Å². The normalized spacial score (nSPS) is 12.0. The zero-order valence-electron chi connectivity index (χ0n) is 16.7. The number of hydrazine groups is 1. The summed E-state index contributed by atoms with van der Waals surface area (Å²) in [6.07, 6.45) is 1.98. The van der Waals surface area contributed by atoms with E-state index in [1.807, 2.05) is 48.5 Å². The van der Waals surface area contributed by atoms with Crippen molar-refractivity contribution in [3.63, 3.8) is 0 Å². The van der Waals surface area contributed by atoms with Crippen LogP contribution >= 0.6 is 0 Å². The molecule has 0 saturated carbocycles. The van der Waals surface area contributed by atoms with Gasteiger partial charge in [0, 0.05) is 5.56 Å². The van der Waals surface area contributed by atoms with E-state index in [1.165, 1.54) is 11.1 Å².